The molecule has 0 aliphatic carbocycles. The third kappa shape index (κ3) is 6.61. The fraction of sp³-hybridized carbons (Fsp3) is 0.500. The number of hydrogen-bond donors (Lipinski definition) is 0. The maximum Gasteiger partial charge on any atom is 0.190 e. The van der Waals surface area contributed by atoms with Crippen LogP contribution in [0.3, 0.4) is 0 Å². The van der Waals surface area contributed by atoms with Crippen molar-refractivity contribution >= 4 is 6.29 Å². The van der Waals surface area contributed by atoms with E-state index in [2.05, 4.69) is 0 Å². The minimum atomic E-state index is -0.917. The molecule has 0 bridgehead atoms. The highest BCUT2D eigenvalue weighted by atomic mass is 19.1. The summed E-state index contributed by atoms with van der Waals surface area (Å²) in [6.45, 7) is 1.91. The molecule has 21 heavy (non-hydrogen) atoms. The van der Waals surface area contributed by atoms with Gasteiger partial charge < -0.3 is 18.9 Å². The lowest BCUT2D eigenvalue weighted by Crippen LogP contribution is -2.13. The lowest BCUT2D eigenvalue weighted by molar-refractivity contribution is 0.0174. The van der Waals surface area contributed by atoms with Crippen LogP contribution in [0.25, 0.3) is 0 Å². The molecule has 0 saturated carbocycles. The summed E-state index contributed by atoms with van der Waals surface area (Å²) in [7, 11) is 1.58. The molecule has 0 heterocycles. The van der Waals surface area contributed by atoms with E-state index >= 15 is 0 Å². The molecule has 5 nitrogen and oxygen atoms in total. The highest BCUT2D eigenvalue weighted by molar-refractivity contribution is 5.75. The molecule has 0 saturated heterocycles. The fourth-order valence-electron chi connectivity index (χ4n) is 1.45. The van der Waals surface area contributed by atoms with Gasteiger partial charge >= 0.3 is 0 Å². The summed E-state index contributed by atoms with van der Waals surface area (Å²) in [5.41, 5.74) is -0.0817. The van der Waals surface area contributed by atoms with Gasteiger partial charge in [-0.05, 0) is 12.1 Å². The van der Waals surface area contributed by atoms with E-state index in [0.717, 1.165) is 12.1 Å². The zero-order valence-corrected chi connectivity index (χ0v) is 11.8. The van der Waals surface area contributed by atoms with E-state index in [-0.39, 0.29) is 18.8 Å². The maximum absolute atomic E-state index is 13.4. The number of methoxy groups -OCH3 is 1. The fourth-order valence-corrected chi connectivity index (χ4v) is 1.45. The number of aldehydes is 1. The van der Waals surface area contributed by atoms with Crippen molar-refractivity contribution in [2.45, 2.75) is 0 Å². The van der Waals surface area contributed by atoms with Crippen LogP contribution in [0, 0.1) is 11.6 Å². The molecule has 0 aliphatic rings. The van der Waals surface area contributed by atoms with Crippen LogP contribution in [0.2, 0.25) is 0 Å². The molecule has 1 aromatic rings. The van der Waals surface area contributed by atoms with Crippen LogP contribution >= 0.6 is 0 Å². The predicted molar refractivity (Wildman–Crippen MR) is 70.8 cm³/mol. The first kappa shape index (κ1) is 17.5. The van der Waals surface area contributed by atoms with Crippen LogP contribution in [-0.2, 0) is 14.2 Å². The molecule has 1 rings (SSSR count). The first-order valence-electron chi connectivity index (χ1n) is 6.40. The summed E-state index contributed by atoms with van der Waals surface area (Å²) in [6.07, 6.45) is 0.364. The summed E-state index contributed by atoms with van der Waals surface area (Å²) in [4.78, 5) is 10.4. The SMILES string of the molecule is COCCOCCOCCOc1c(F)cc(C=O)cc1F. The summed E-state index contributed by atoms with van der Waals surface area (Å²) in [5, 5.41) is 0. The summed E-state index contributed by atoms with van der Waals surface area (Å²) >= 11 is 0. The minimum absolute atomic E-state index is 0.00759. The van der Waals surface area contributed by atoms with Gasteiger partial charge in [0.05, 0.1) is 33.0 Å². The summed E-state index contributed by atoms with van der Waals surface area (Å²) < 4.78 is 47.0. The van der Waals surface area contributed by atoms with Gasteiger partial charge in [0.1, 0.15) is 12.9 Å². The average Bonchev–Trinajstić information content (AvgIpc) is 2.47. The zero-order chi connectivity index (χ0) is 15.5. The topological polar surface area (TPSA) is 54.0 Å². The van der Waals surface area contributed by atoms with Gasteiger partial charge in [0.2, 0.25) is 0 Å². The third-order valence-electron chi connectivity index (χ3n) is 2.43. The second kappa shape index (κ2) is 10.2. The predicted octanol–water partition coefficient (Wildman–Crippen LogP) is 1.84. The molecule has 118 valence electrons. The number of benzene rings is 1. The number of rotatable bonds is 11. The zero-order valence-electron chi connectivity index (χ0n) is 11.8. The Morgan fingerprint density at radius 2 is 1.48 bits per heavy atom. The summed E-state index contributed by atoms with van der Waals surface area (Å²) in [5.74, 6) is -2.35. The monoisotopic (exact) mass is 304 g/mol. The molecule has 0 fully saturated rings. The van der Waals surface area contributed by atoms with Crippen molar-refractivity contribution in [1.29, 1.82) is 0 Å². The Morgan fingerprint density at radius 3 is 2.00 bits per heavy atom. The van der Waals surface area contributed by atoms with E-state index < -0.39 is 17.4 Å². The van der Waals surface area contributed by atoms with Gasteiger partial charge in [-0.2, -0.15) is 0 Å². The molecule has 7 heteroatoms. The second-order valence-electron chi connectivity index (χ2n) is 4.00. The van der Waals surface area contributed by atoms with E-state index in [1.165, 1.54) is 0 Å². The van der Waals surface area contributed by atoms with Gasteiger partial charge in [0.15, 0.2) is 17.4 Å². The van der Waals surface area contributed by atoms with Gasteiger partial charge in [-0.15, -0.1) is 0 Å². The van der Waals surface area contributed by atoms with Crippen LogP contribution in [0.4, 0.5) is 8.78 Å². The first-order valence-corrected chi connectivity index (χ1v) is 6.40. The van der Waals surface area contributed by atoms with E-state index in [4.69, 9.17) is 18.9 Å². The van der Waals surface area contributed by atoms with Crippen molar-refractivity contribution in [2.24, 2.45) is 0 Å². The van der Waals surface area contributed by atoms with Crippen LogP contribution in [-0.4, -0.2) is 53.0 Å². The van der Waals surface area contributed by atoms with Gasteiger partial charge in [0, 0.05) is 12.7 Å². The Bertz CT molecular complexity index is 416. The Morgan fingerprint density at radius 1 is 0.952 bits per heavy atom. The normalized spacial score (nSPS) is 10.6. The lowest BCUT2D eigenvalue weighted by Gasteiger charge is -2.09. The highest BCUT2D eigenvalue weighted by Crippen LogP contribution is 2.22. The molecule has 1 aromatic carbocycles. The maximum atomic E-state index is 13.4. The Balaban J connectivity index is 2.20. The smallest absolute Gasteiger partial charge is 0.190 e. The molecular formula is C14H18F2O5. The summed E-state index contributed by atoms with van der Waals surface area (Å²) in [6, 6.07) is 1.83. The number of halogens is 2. The molecule has 0 atom stereocenters. The minimum Gasteiger partial charge on any atom is -0.485 e. The van der Waals surface area contributed by atoms with Crippen molar-refractivity contribution < 1.29 is 32.5 Å². The Hall–Kier alpha value is -1.57. The standard InChI is InChI=1S/C14H18F2O5/c1-18-2-3-19-4-5-20-6-7-21-14-12(15)8-11(10-17)9-13(14)16/h8-10H,2-7H2,1H3. The third-order valence-corrected chi connectivity index (χ3v) is 2.43. The van der Waals surface area contributed by atoms with E-state index in [1.54, 1.807) is 7.11 Å². The number of carbonyl (C=O) groups excluding carboxylic acids is 1. The van der Waals surface area contributed by atoms with Gasteiger partial charge in [0.25, 0.3) is 0 Å². The molecular weight excluding hydrogens is 286 g/mol. The van der Waals surface area contributed by atoms with Crippen molar-refractivity contribution in [3.8, 4) is 5.75 Å². The van der Waals surface area contributed by atoms with Gasteiger partial charge in [-0.3, -0.25) is 4.79 Å². The van der Waals surface area contributed by atoms with E-state index in [1.807, 2.05) is 0 Å². The van der Waals surface area contributed by atoms with Crippen molar-refractivity contribution in [3.05, 3.63) is 29.3 Å². The van der Waals surface area contributed by atoms with Crippen LogP contribution < -0.4 is 4.74 Å². The molecule has 0 radical (unpaired) electrons. The second-order valence-corrected chi connectivity index (χ2v) is 4.00. The largest absolute Gasteiger partial charge is 0.485 e. The van der Waals surface area contributed by atoms with Crippen LogP contribution in [0.5, 0.6) is 5.75 Å². The number of carbonyl (C=O) groups is 1. The molecule has 0 aromatic heterocycles. The van der Waals surface area contributed by atoms with Crippen LogP contribution in [0.1, 0.15) is 10.4 Å². The van der Waals surface area contributed by atoms with Gasteiger partial charge in [-0.1, -0.05) is 0 Å². The van der Waals surface area contributed by atoms with E-state index in [0.29, 0.717) is 32.7 Å². The number of hydrogen-bond acceptors (Lipinski definition) is 5. The average molecular weight is 304 g/mol. The van der Waals surface area contributed by atoms with Crippen molar-refractivity contribution in [3.63, 3.8) is 0 Å². The lowest BCUT2D eigenvalue weighted by atomic mass is 10.2. The van der Waals surface area contributed by atoms with Crippen molar-refractivity contribution in [2.75, 3.05) is 46.8 Å². The van der Waals surface area contributed by atoms with Crippen LogP contribution in [0.15, 0.2) is 12.1 Å². The Kier molecular flexibility index (Phi) is 8.49. The van der Waals surface area contributed by atoms with E-state index in [9.17, 15) is 13.6 Å². The molecule has 0 amide bonds. The molecule has 0 aliphatic heterocycles. The highest BCUT2D eigenvalue weighted by Gasteiger charge is 2.12. The molecule has 0 spiro atoms. The first-order chi connectivity index (χ1) is 10.2. The van der Waals surface area contributed by atoms with Crippen molar-refractivity contribution in [1.82, 2.24) is 0 Å². The number of ether oxygens (including phenoxy) is 4. The molecule has 0 N–H and O–H groups in total. The quantitative estimate of drug-likeness (QED) is 0.461. The Labute approximate surface area is 121 Å². The molecule has 0 unspecified atom stereocenters. The van der Waals surface area contributed by atoms with Gasteiger partial charge in [-0.25, -0.2) is 8.78 Å².